The topological polar surface area (TPSA) is 21.3 Å². The first-order valence-corrected chi connectivity index (χ1v) is 7.98. The summed E-state index contributed by atoms with van der Waals surface area (Å²) in [6.07, 6.45) is 0.817. The van der Waals surface area contributed by atoms with Crippen molar-refractivity contribution in [2.75, 3.05) is 14.2 Å². The minimum absolute atomic E-state index is 0.130. The van der Waals surface area contributed by atoms with Gasteiger partial charge in [0.25, 0.3) is 0 Å². The van der Waals surface area contributed by atoms with Crippen LogP contribution in [-0.2, 0) is 6.42 Å². The minimum Gasteiger partial charge on any atom is -0.496 e. The molecule has 2 nitrogen and oxygen atoms in total. The van der Waals surface area contributed by atoms with E-state index in [-0.39, 0.29) is 6.04 Å². The van der Waals surface area contributed by atoms with Crippen molar-refractivity contribution in [1.29, 1.82) is 0 Å². The molecule has 0 aliphatic heterocycles. The van der Waals surface area contributed by atoms with Crippen molar-refractivity contribution in [2.24, 2.45) is 0 Å². The number of methoxy groups -OCH3 is 1. The Balaban J connectivity index is 2.35. The zero-order valence-electron chi connectivity index (χ0n) is 12.4. The molecule has 2 rings (SSSR count). The highest BCUT2D eigenvalue weighted by Gasteiger charge is 2.17. The summed E-state index contributed by atoms with van der Waals surface area (Å²) in [6.45, 7) is 2.09. The molecular weight excluding hydrogens is 350 g/mol. The molecule has 1 atom stereocenters. The van der Waals surface area contributed by atoms with E-state index in [1.165, 1.54) is 11.1 Å². The van der Waals surface area contributed by atoms with Gasteiger partial charge in [0.05, 0.1) is 12.1 Å². The maximum atomic E-state index is 6.42. The van der Waals surface area contributed by atoms with Crippen LogP contribution < -0.4 is 10.1 Å². The molecule has 0 aromatic heterocycles. The fraction of sp³-hybridized carbons (Fsp3) is 0.294. The molecule has 0 spiro atoms. The van der Waals surface area contributed by atoms with Crippen molar-refractivity contribution < 1.29 is 4.74 Å². The maximum absolute atomic E-state index is 6.42. The molecule has 0 bridgehead atoms. The number of nitrogens with one attached hydrogen (secondary N) is 1. The van der Waals surface area contributed by atoms with E-state index >= 15 is 0 Å². The van der Waals surface area contributed by atoms with E-state index in [4.69, 9.17) is 16.3 Å². The van der Waals surface area contributed by atoms with Gasteiger partial charge in [-0.15, -0.1) is 0 Å². The second kappa shape index (κ2) is 7.30. The average Bonchev–Trinajstić information content (AvgIpc) is 2.48. The predicted molar refractivity (Wildman–Crippen MR) is 92.4 cm³/mol. The van der Waals surface area contributed by atoms with E-state index in [9.17, 15) is 0 Å². The lowest BCUT2D eigenvalue weighted by molar-refractivity contribution is 0.406. The van der Waals surface area contributed by atoms with Crippen LogP contribution in [0, 0.1) is 6.92 Å². The Labute approximate surface area is 139 Å². The van der Waals surface area contributed by atoms with Crippen molar-refractivity contribution in [3.8, 4) is 5.75 Å². The quantitative estimate of drug-likeness (QED) is 0.808. The van der Waals surface area contributed by atoms with Crippen LogP contribution in [0.2, 0.25) is 5.02 Å². The number of likely N-dealkylation sites (N-methyl/N-ethyl adjacent to an activating group) is 1. The summed E-state index contributed by atoms with van der Waals surface area (Å²) in [6, 6.07) is 12.4. The molecule has 0 fully saturated rings. The number of hydrogen-bond donors (Lipinski definition) is 1. The van der Waals surface area contributed by atoms with Gasteiger partial charge in [-0.25, -0.2) is 0 Å². The van der Waals surface area contributed by atoms with Gasteiger partial charge < -0.3 is 10.1 Å². The molecular formula is C17H19BrClNO. The van der Waals surface area contributed by atoms with Crippen LogP contribution in [0.3, 0.4) is 0 Å². The average molecular weight is 369 g/mol. The van der Waals surface area contributed by atoms with Crippen LogP contribution in [0.4, 0.5) is 0 Å². The summed E-state index contributed by atoms with van der Waals surface area (Å²) < 4.78 is 6.38. The van der Waals surface area contributed by atoms with Gasteiger partial charge in [0, 0.05) is 10.5 Å². The lowest BCUT2D eigenvalue weighted by Gasteiger charge is -2.20. The SMILES string of the molecule is CNC(Cc1cc(C)ccc1OC)c1cccc(Br)c1Cl. The van der Waals surface area contributed by atoms with Gasteiger partial charge in [0.1, 0.15) is 5.75 Å². The molecule has 0 radical (unpaired) electrons. The number of benzene rings is 2. The molecule has 0 amide bonds. The largest absolute Gasteiger partial charge is 0.496 e. The molecule has 2 aromatic rings. The Morgan fingerprint density at radius 3 is 2.71 bits per heavy atom. The van der Waals surface area contributed by atoms with Gasteiger partial charge in [-0.05, 0) is 59.6 Å². The monoisotopic (exact) mass is 367 g/mol. The normalized spacial score (nSPS) is 12.2. The van der Waals surface area contributed by atoms with Gasteiger partial charge in [-0.1, -0.05) is 41.4 Å². The number of aryl methyl sites for hydroxylation is 1. The fourth-order valence-electron chi connectivity index (χ4n) is 2.44. The lowest BCUT2D eigenvalue weighted by Crippen LogP contribution is -2.19. The Morgan fingerprint density at radius 2 is 2.05 bits per heavy atom. The Hall–Kier alpha value is -1.03. The molecule has 0 heterocycles. The summed E-state index contributed by atoms with van der Waals surface area (Å²) >= 11 is 9.90. The molecule has 21 heavy (non-hydrogen) atoms. The first-order chi connectivity index (χ1) is 10.1. The first kappa shape index (κ1) is 16.3. The fourth-order valence-corrected chi connectivity index (χ4v) is 3.08. The van der Waals surface area contributed by atoms with Crippen molar-refractivity contribution in [2.45, 2.75) is 19.4 Å². The molecule has 1 unspecified atom stereocenters. The van der Waals surface area contributed by atoms with Gasteiger partial charge in [-0.3, -0.25) is 0 Å². The predicted octanol–water partition coefficient (Wildman–Crippen LogP) is 4.92. The van der Waals surface area contributed by atoms with E-state index in [2.05, 4.69) is 46.4 Å². The van der Waals surface area contributed by atoms with Gasteiger partial charge in [0.15, 0.2) is 0 Å². The second-order valence-corrected chi connectivity index (χ2v) is 6.24. The van der Waals surface area contributed by atoms with Crippen molar-refractivity contribution >= 4 is 27.5 Å². The summed E-state index contributed by atoms with van der Waals surface area (Å²) in [7, 11) is 3.65. The molecule has 0 saturated heterocycles. The second-order valence-electron chi connectivity index (χ2n) is 5.00. The third-order valence-electron chi connectivity index (χ3n) is 3.57. The maximum Gasteiger partial charge on any atom is 0.122 e. The molecule has 4 heteroatoms. The smallest absolute Gasteiger partial charge is 0.122 e. The zero-order chi connectivity index (χ0) is 15.4. The first-order valence-electron chi connectivity index (χ1n) is 6.81. The van der Waals surface area contributed by atoms with Crippen molar-refractivity contribution in [3.05, 3.63) is 62.6 Å². The zero-order valence-corrected chi connectivity index (χ0v) is 14.8. The Morgan fingerprint density at radius 1 is 1.29 bits per heavy atom. The number of ether oxygens (including phenoxy) is 1. The van der Waals surface area contributed by atoms with Crippen molar-refractivity contribution in [1.82, 2.24) is 5.32 Å². The molecule has 0 aliphatic rings. The van der Waals surface area contributed by atoms with Crippen LogP contribution in [0.25, 0.3) is 0 Å². The van der Waals surface area contributed by atoms with Crippen LogP contribution in [-0.4, -0.2) is 14.2 Å². The molecule has 2 aromatic carbocycles. The van der Waals surface area contributed by atoms with Gasteiger partial charge >= 0.3 is 0 Å². The van der Waals surface area contributed by atoms with Crippen molar-refractivity contribution in [3.63, 3.8) is 0 Å². The highest BCUT2D eigenvalue weighted by atomic mass is 79.9. The summed E-state index contributed by atoms with van der Waals surface area (Å²) in [5.74, 6) is 0.909. The summed E-state index contributed by atoms with van der Waals surface area (Å²) in [4.78, 5) is 0. The lowest BCUT2D eigenvalue weighted by atomic mass is 9.97. The molecule has 112 valence electrons. The van der Waals surface area contributed by atoms with E-state index < -0.39 is 0 Å². The standard InChI is InChI=1S/C17H19BrClNO/c1-11-7-8-16(21-3)12(9-11)10-15(20-2)13-5-4-6-14(18)17(13)19/h4-9,15,20H,10H2,1-3H3. The molecule has 0 saturated carbocycles. The third kappa shape index (κ3) is 3.79. The van der Waals surface area contributed by atoms with Crippen LogP contribution >= 0.6 is 27.5 Å². The van der Waals surface area contributed by atoms with E-state index in [0.29, 0.717) is 0 Å². The number of hydrogen-bond acceptors (Lipinski definition) is 2. The third-order valence-corrected chi connectivity index (χ3v) is 4.88. The minimum atomic E-state index is 0.130. The Bertz CT molecular complexity index is 630. The molecule has 0 aliphatic carbocycles. The summed E-state index contributed by atoms with van der Waals surface area (Å²) in [5, 5.41) is 4.10. The Kier molecular flexibility index (Phi) is 5.68. The van der Waals surface area contributed by atoms with E-state index in [0.717, 1.165) is 27.2 Å². The van der Waals surface area contributed by atoms with E-state index in [1.807, 2.05) is 25.2 Å². The van der Waals surface area contributed by atoms with Crippen LogP contribution in [0.5, 0.6) is 5.75 Å². The van der Waals surface area contributed by atoms with Crippen LogP contribution in [0.1, 0.15) is 22.7 Å². The number of halogens is 2. The van der Waals surface area contributed by atoms with Gasteiger partial charge in [0.2, 0.25) is 0 Å². The van der Waals surface area contributed by atoms with E-state index in [1.54, 1.807) is 7.11 Å². The van der Waals surface area contributed by atoms with Crippen LogP contribution in [0.15, 0.2) is 40.9 Å². The highest BCUT2D eigenvalue weighted by molar-refractivity contribution is 9.10. The summed E-state index contributed by atoms with van der Waals surface area (Å²) in [5.41, 5.74) is 3.48. The van der Waals surface area contributed by atoms with Gasteiger partial charge in [-0.2, -0.15) is 0 Å². The highest BCUT2D eigenvalue weighted by Crippen LogP contribution is 2.33. The molecule has 1 N–H and O–H groups in total. The number of rotatable bonds is 5.